The molecule has 0 fully saturated rings. The number of halogens is 1. The minimum absolute atomic E-state index is 0.0766. The fourth-order valence-corrected chi connectivity index (χ4v) is 3.84. The van der Waals surface area contributed by atoms with Gasteiger partial charge in [-0.25, -0.2) is 0 Å². The van der Waals surface area contributed by atoms with Gasteiger partial charge in [-0.2, -0.15) is 0 Å². The number of hydrogen-bond donors (Lipinski definition) is 1. The van der Waals surface area contributed by atoms with Crippen LogP contribution in [0.15, 0.2) is 59.5 Å². The number of amides is 2. The molecule has 150 valence electrons. The van der Waals surface area contributed by atoms with Gasteiger partial charge in [0.15, 0.2) is 0 Å². The van der Waals surface area contributed by atoms with Gasteiger partial charge < -0.3 is 10.2 Å². The van der Waals surface area contributed by atoms with Gasteiger partial charge in [-0.3, -0.25) is 9.59 Å². The Morgan fingerprint density at radius 1 is 1.07 bits per heavy atom. The Kier molecular flexibility index (Phi) is 9.38. The predicted molar refractivity (Wildman–Crippen MR) is 117 cm³/mol. The van der Waals surface area contributed by atoms with E-state index >= 15 is 0 Å². The fourth-order valence-electron chi connectivity index (χ4n) is 2.84. The highest BCUT2D eigenvalue weighted by Gasteiger charge is 2.28. The molecule has 1 atom stereocenters. The van der Waals surface area contributed by atoms with Gasteiger partial charge >= 0.3 is 0 Å². The van der Waals surface area contributed by atoms with Crippen LogP contribution in [-0.2, 0) is 16.1 Å². The summed E-state index contributed by atoms with van der Waals surface area (Å²) in [6.07, 6.45) is 1.40. The summed E-state index contributed by atoms with van der Waals surface area (Å²) in [4.78, 5) is 28.5. The van der Waals surface area contributed by atoms with E-state index in [0.29, 0.717) is 24.5 Å². The van der Waals surface area contributed by atoms with E-state index in [-0.39, 0.29) is 17.6 Å². The summed E-state index contributed by atoms with van der Waals surface area (Å²) < 4.78 is 0. The fraction of sp³-hybridized carbons (Fsp3) is 0.364. The smallest absolute Gasteiger partial charge is 0.242 e. The molecule has 1 N–H and O–H groups in total. The van der Waals surface area contributed by atoms with Crippen LogP contribution < -0.4 is 5.32 Å². The molecular formula is C22H27ClN2O2S. The van der Waals surface area contributed by atoms with Crippen molar-refractivity contribution in [2.75, 3.05) is 12.3 Å². The van der Waals surface area contributed by atoms with E-state index in [4.69, 9.17) is 11.6 Å². The van der Waals surface area contributed by atoms with Crippen molar-refractivity contribution in [1.29, 1.82) is 0 Å². The minimum atomic E-state index is -0.522. The molecule has 2 aromatic carbocycles. The second-order valence-electron chi connectivity index (χ2n) is 6.43. The zero-order valence-corrected chi connectivity index (χ0v) is 17.9. The molecule has 0 saturated heterocycles. The van der Waals surface area contributed by atoms with Crippen LogP contribution in [0, 0.1) is 0 Å². The highest BCUT2D eigenvalue weighted by atomic mass is 35.5. The largest absolute Gasteiger partial charge is 0.354 e. The van der Waals surface area contributed by atoms with Crippen LogP contribution in [0.2, 0.25) is 5.02 Å². The summed E-state index contributed by atoms with van der Waals surface area (Å²) in [5, 5.41) is 3.52. The topological polar surface area (TPSA) is 49.4 Å². The van der Waals surface area contributed by atoms with Crippen LogP contribution in [0.25, 0.3) is 0 Å². The molecule has 2 rings (SSSR count). The van der Waals surface area contributed by atoms with Crippen molar-refractivity contribution in [2.24, 2.45) is 0 Å². The maximum atomic E-state index is 13.1. The standard InChI is InChI=1S/C22H27ClN2O2S/c1-3-14-24-22(27)20(4-2)25(15-17-10-8-9-13-19(17)23)21(26)16-28-18-11-6-5-7-12-18/h5-13,20H,3-4,14-16H2,1-2H3,(H,24,27). The Balaban J connectivity index is 2.19. The van der Waals surface area contributed by atoms with Gasteiger partial charge in [0.25, 0.3) is 0 Å². The summed E-state index contributed by atoms with van der Waals surface area (Å²) in [5.41, 5.74) is 0.837. The summed E-state index contributed by atoms with van der Waals surface area (Å²) in [6.45, 7) is 4.84. The lowest BCUT2D eigenvalue weighted by Gasteiger charge is -2.31. The third-order valence-electron chi connectivity index (χ3n) is 4.34. The average Bonchev–Trinajstić information content (AvgIpc) is 2.72. The van der Waals surface area contributed by atoms with Gasteiger partial charge in [-0.15, -0.1) is 11.8 Å². The molecule has 0 spiro atoms. The lowest BCUT2D eigenvalue weighted by molar-refractivity contribution is -0.139. The summed E-state index contributed by atoms with van der Waals surface area (Å²) >= 11 is 7.79. The number of nitrogens with one attached hydrogen (secondary N) is 1. The van der Waals surface area contributed by atoms with Gasteiger partial charge in [0.1, 0.15) is 6.04 Å². The first-order valence-corrected chi connectivity index (χ1v) is 10.9. The van der Waals surface area contributed by atoms with Crippen LogP contribution in [0.5, 0.6) is 0 Å². The van der Waals surface area contributed by atoms with E-state index in [1.54, 1.807) is 11.0 Å². The van der Waals surface area contributed by atoms with Gasteiger partial charge in [0.2, 0.25) is 11.8 Å². The lowest BCUT2D eigenvalue weighted by atomic mass is 10.1. The first kappa shape index (κ1) is 22.3. The molecule has 0 radical (unpaired) electrons. The molecule has 0 saturated carbocycles. The summed E-state index contributed by atoms with van der Waals surface area (Å²) in [5.74, 6) is 0.0770. The maximum absolute atomic E-state index is 13.1. The first-order valence-electron chi connectivity index (χ1n) is 9.55. The van der Waals surface area contributed by atoms with Crippen LogP contribution in [0.1, 0.15) is 32.3 Å². The maximum Gasteiger partial charge on any atom is 0.242 e. The van der Waals surface area contributed by atoms with Gasteiger partial charge in [0, 0.05) is 23.0 Å². The third kappa shape index (κ3) is 6.57. The molecule has 4 nitrogen and oxygen atoms in total. The highest BCUT2D eigenvalue weighted by Crippen LogP contribution is 2.22. The molecule has 0 aliphatic carbocycles. The van der Waals surface area contributed by atoms with Crippen molar-refractivity contribution in [3.8, 4) is 0 Å². The Hall–Kier alpha value is -1.98. The van der Waals surface area contributed by atoms with E-state index < -0.39 is 6.04 Å². The predicted octanol–water partition coefficient (Wildman–Crippen LogP) is 4.77. The molecule has 0 aliphatic heterocycles. The van der Waals surface area contributed by atoms with Crippen LogP contribution >= 0.6 is 23.4 Å². The molecule has 0 bridgehead atoms. The molecule has 0 aliphatic rings. The zero-order valence-electron chi connectivity index (χ0n) is 16.4. The minimum Gasteiger partial charge on any atom is -0.354 e. The molecular weight excluding hydrogens is 392 g/mol. The Morgan fingerprint density at radius 2 is 1.75 bits per heavy atom. The number of carbonyl (C=O) groups is 2. The van der Waals surface area contributed by atoms with Crippen molar-refractivity contribution in [2.45, 2.75) is 44.2 Å². The molecule has 6 heteroatoms. The number of hydrogen-bond acceptors (Lipinski definition) is 3. The number of carbonyl (C=O) groups excluding carboxylic acids is 2. The van der Waals surface area contributed by atoms with Crippen LogP contribution in [-0.4, -0.2) is 35.1 Å². The van der Waals surface area contributed by atoms with Gasteiger partial charge in [-0.1, -0.05) is 61.8 Å². The first-order chi connectivity index (χ1) is 13.6. The van der Waals surface area contributed by atoms with E-state index in [0.717, 1.165) is 16.9 Å². The molecule has 28 heavy (non-hydrogen) atoms. The Morgan fingerprint density at radius 3 is 2.39 bits per heavy atom. The summed E-state index contributed by atoms with van der Waals surface area (Å²) in [7, 11) is 0. The SMILES string of the molecule is CCCNC(=O)C(CC)N(Cc1ccccc1Cl)C(=O)CSc1ccccc1. The second-order valence-corrected chi connectivity index (χ2v) is 7.89. The van der Waals surface area contributed by atoms with Crippen LogP contribution in [0.4, 0.5) is 0 Å². The highest BCUT2D eigenvalue weighted by molar-refractivity contribution is 8.00. The van der Waals surface area contributed by atoms with E-state index in [1.165, 1.54) is 11.8 Å². The zero-order chi connectivity index (χ0) is 20.4. The third-order valence-corrected chi connectivity index (χ3v) is 5.70. The second kappa shape index (κ2) is 11.8. The molecule has 0 aromatic heterocycles. The molecule has 1 unspecified atom stereocenters. The Bertz CT molecular complexity index is 770. The number of nitrogens with zero attached hydrogens (tertiary/aromatic N) is 1. The van der Waals surface area contributed by atoms with Crippen molar-refractivity contribution in [1.82, 2.24) is 10.2 Å². The Labute approximate surface area is 176 Å². The normalized spacial score (nSPS) is 11.7. The summed E-state index contributed by atoms with van der Waals surface area (Å²) in [6, 6.07) is 16.7. The number of thioether (sulfide) groups is 1. The van der Waals surface area contributed by atoms with Crippen molar-refractivity contribution in [3.63, 3.8) is 0 Å². The molecule has 2 aromatic rings. The van der Waals surface area contributed by atoms with Crippen LogP contribution in [0.3, 0.4) is 0 Å². The quantitative estimate of drug-likeness (QED) is 0.565. The number of benzene rings is 2. The van der Waals surface area contributed by atoms with E-state index in [9.17, 15) is 9.59 Å². The molecule has 2 amide bonds. The monoisotopic (exact) mass is 418 g/mol. The van der Waals surface area contributed by atoms with Gasteiger partial charge in [0.05, 0.1) is 5.75 Å². The average molecular weight is 419 g/mol. The van der Waals surface area contributed by atoms with E-state index in [2.05, 4.69) is 5.32 Å². The van der Waals surface area contributed by atoms with Crippen molar-refractivity contribution < 1.29 is 9.59 Å². The molecule has 0 heterocycles. The van der Waals surface area contributed by atoms with Gasteiger partial charge in [-0.05, 0) is 36.6 Å². The lowest BCUT2D eigenvalue weighted by Crippen LogP contribution is -2.49. The van der Waals surface area contributed by atoms with Crippen molar-refractivity contribution >= 4 is 35.2 Å². The number of rotatable bonds is 10. The van der Waals surface area contributed by atoms with E-state index in [1.807, 2.05) is 62.4 Å². The van der Waals surface area contributed by atoms with Crippen molar-refractivity contribution in [3.05, 3.63) is 65.2 Å².